The van der Waals surface area contributed by atoms with E-state index in [0.29, 0.717) is 18.6 Å². The molecule has 1 aromatic rings. The van der Waals surface area contributed by atoms with Gasteiger partial charge in [-0.15, -0.1) is 0 Å². The molecule has 82 valence electrons. The molecule has 1 aliphatic carbocycles. The molecule has 5 nitrogen and oxygen atoms in total. The summed E-state index contributed by atoms with van der Waals surface area (Å²) in [7, 11) is 0. The predicted octanol–water partition coefficient (Wildman–Crippen LogP) is 0.510. The first kappa shape index (κ1) is 9.30. The lowest BCUT2D eigenvalue weighted by atomic mass is 10.2. The van der Waals surface area contributed by atoms with Crippen LogP contribution in [0.4, 0.5) is 0 Å². The summed E-state index contributed by atoms with van der Waals surface area (Å²) in [6.07, 6.45) is 3.92. The highest BCUT2D eigenvalue weighted by atomic mass is 16.5. The van der Waals surface area contributed by atoms with Gasteiger partial charge in [-0.05, 0) is 18.8 Å². The second-order valence-corrected chi connectivity index (χ2v) is 4.34. The normalized spacial score (nSPS) is 21.6. The van der Waals surface area contributed by atoms with Gasteiger partial charge >= 0.3 is 0 Å². The maximum Gasteiger partial charge on any atom is 0.252 e. The van der Waals surface area contributed by atoms with Gasteiger partial charge in [0.1, 0.15) is 6.61 Å². The lowest BCUT2D eigenvalue weighted by molar-refractivity contribution is -0.00397. The number of nitrogens with zero attached hydrogens (tertiary/aromatic N) is 2. The Hall–Kier alpha value is -0.940. The number of nitrogens with one attached hydrogen (secondary N) is 1. The van der Waals surface area contributed by atoms with E-state index in [0.717, 1.165) is 31.3 Å². The van der Waals surface area contributed by atoms with Gasteiger partial charge in [-0.2, -0.15) is 4.98 Å². The van der Waals surface area contributed by atoms with Crippen LogP contribution in [-0.4, -0.2) is 29.3 Å². The fourth-order valence-corrected chi connectivity index (χ4v) is 1.58. The van der Waals surface area contributed by atoms with Crippen LogP contribution in [0.5, 0.6) is 0 Å². The van der Waals surface area contributed by atoms with E-state index in [2.05, 4.69) is 15.5 Å². The molecule has 1 saturated heterocycles. The largest absolute Gasteiger partial charge is 0.366 e. The third-order valence-corrected chi connectivity index (χ3v) is 2.86. The van der Waals surface area contributed by atoms with Crippen LogP contribution in [0.1, 0.15) is 24.6 Å². The Morgan fingerprint density at radius 2 is 2.27 bits per heavy atom. The highest BCUT2D eigenvalue weighted by Gasteiger charge is 2.24. The van der Waals surface area contributed by atoms with Crippen molar-refractivity contribution in [2.45, 2.75) is 32.0 Å². The highest BCUT2D eigenvalue weighted by Crippen LogP contribution is 2.31. The van der Waals surface area contributed by atoms with Gasteiger partial charge in [-0.3, -0.25) is 0 Å². The highest BCUT2D eigenvalue weighted by molar-refractivity contribution is 4.91. The third kappa shape index (κ3) is 2.35. The average molecular weight is 209 g/mol. The summed E-state index contributed by atoms with van der Waals surface area (Å²) in [6, 6.07) is 0. The van der Waals surface area contributed by atoms with Gasteiger partial charge in [-0.1, -0.05) is 5.16 Å². The molecule has 3 rings (SSSR count). The Morgan fingerprint density at radius 3 is 2.93 bits per heavy atom. The van der Waals surface area contributed by atoms with E-state index in [1.807, 2.05) is 0 Å². The quantitative estimate of drug-likeness (QED) is 0.765. The fraction of sp³-hybridized carbons (Fsp3) is 0.800. The standard InChI is InChI=1S/C10H15N3O2/c1-2-7(1)3-9-12-10(15-13-9)6-14-8-4-11-5-8/h7-8,11H,1-6H2. The van der Waals surface area contributed by atoms with Crippen LogP contribution in [0.25, 0.3) is 0 Å². The van der Waals surface area contributed by atoms with Gasteiger partial charge in [0, 0.05) is 19.5 Å². The molecule has 0 atom stereocenters. The summed E-state index contributed by atoms with van der Waals surface area (Å²) in [5, 5.41) is 7.08. The van der Waals surface area contributed by atoms with Crippen molar-refractivity contribution in [1.82, 2.24) is 15.5 Å². The van der Waals surface area contributed by atoms with Crippen molar-refractivity contribution in [3.05, 3.63) is 11.7 Å². The minimum Gasteiger partial charge on any atom is -0.366 e. The van der Waals surface area contributed by atoms with Gasteiger partial charge < -0.3 is 14.6 Å². The molecule has 1 aliphatic heterocycles. The van der Waals surface area contributed by atoms with Gasteiger partial charge in [0.25, 0.3) is 5.89 Å². The molecule has 1 aromatic heterocycles. The summed E-state index contributed by atoms with van der Waals surface area (Å²) in [5.74, 6) is 2.24. The monoisotopic (exact) mass is 209 g/mol. The molecule has 1 saturated carbocycles. The number of rotatable bonds is 5. The SMILES string of the molecule is C(OC1CNC1)c1nc(CC2CC2)no1. The smallest absolute Gasteiger partial charge is 0.252 e. The maximum absolute atomic E-state index is 5.54. The van der Waals surface area contributed by atoms with Crippen molar-refractivity contribution < 1.29 is 9.26 Å². The van der Waals surface area contributed by atoms with Crippen LogP contribution >= 0.6 is 0 Å². The second-order valence-electron chi connectivity index (χ2n) is 4.34. The lowest BCUT2D eigenvalue weighted by Crippen LogP contribution is -2.48. The summed E-state index contributed by atoms with van der Waals surface area (Å²) < 4.78 is 10.6. The number of aromatic nitrogens is 2. The first-order valence-electron chi connectivity index (χ1n) is 5.54. The maximum atomic E-state index is 5.54. The molecular weight excluding hydrogens is 194 g/mol. The third-order valence-electron chi connectivity index (χ3n) is 2.86. The van der Waals surface area contributed by atoms with Crippen molar-refractivity contribution in [2.75, 3.05) is 13.1 Å². The van der Waals surface area contributed by atoms with E-state index in [1.54, 1.807) is 0 Å². The summed E-state index contributed by atoms with van der Waals surface area (Å²) in [6.45, 7) is 2.32. The van der Waals surface area contributed by atoms with Crippen LogP contribution in [-0.2, 0) is 17.8 Å². The topological polar surface area (TPSA) is 60.2 Å². The van der Waals surface area contributed by atoms with E-state index in [9.17, 15) is 0 Å². The molecule has 0 spiro atoms. The van der Waals surface area contributed by atoms with Gasteiger partial charge in [0.2, 0.25) is 0 Å². The van der Waals surface area contributed by atoms with Crippen LogP contribution in [0.3, 0.4) is 0 Å². The molecule has 5 heteroatoms. The Balaban J connectivity index is 1.48. The number of hydrogen-bond acceptors (Lipinski definition) is 5. The van der Waals surface area contributed by atoms with Crippen LogP contribution < -0.4 is 5.32 Å². The van der Waals surface area contributed by atoms with Crippen LogP contribution in [0.2, 0.25) is 0 Å². The molecule has 2 fully saturated rings. The van der Waals surface area contributed by atoms with Crippen molar-refractivity contribution in [1.29, 1.82) is 0 Å². The molecule has 15 heavy (non-hydrogen) atoms. The zero-order chi connectivity index (χ0) is 10.1. The molecule has 0 amide bonds. The Morgan fingerprint density at radius 1 is 1.40 bits per heavy atom. The molecule has 0 unspecified atom stereocenters. The van der Waals surface area contributed by atoms with Crippen molar-refractivity contribution in [3.63, 3.8) is 0 Å². The molecule has 1 N–H and O–H groups in total. The van der Waals surface area contributed by atoms with Crippen molar-refractivity contribution >= 4 is 0 Å². The van der Waals surface area contributed by atoms with Crippen molar-refractivity contribution in [2.24, 2.45) is 5.92 Å². The van der Waals surface area contributed by atoms with Crippen LogP contribution in [0.15, 0.2) is 4.52 Å². The number of ether oxygens (including phenoxy) is 1. The van der Waals surface area contributed by atoms with Gasteiger partial charge in [-0.25, -0.2) is 0 Å². The molecule has 0 radical (unpaired) electrons. The summed E-state index contributed by atoms with van der Waals surface area (Å²) in [4.78, 5) is 4.30. The van der Waals surface area contributed by atoms with Crippen molar-refractivity contribution in [3.8, 4) is 0 Å². The summed E-state index contributed by atoms with van der Waals surface area (Å²) >= 11 is 0. The minimum atomic E-state index is 0.323. The number of hydrogen-bond donors (Lipinski definition) is 1. The molecule has 0 aromatic carbocycles. The lowest BCUT2D eigenvalue weighted by Gasteiger charge is -2.26. The Kier molecular flexibility index (Phi) is 2.42. The Labute approximate surface area is 88.2 Å². The van der Waals surface area contributed by atoms with Gasteiger partial charge in [0.15, 0.2) is 5.82 Å². The molecule has 2 aliphatic rings. The van der Waals surface area contributed by atoms with E-state index in [4.69, 9.17) is 9.26 Å². The molecule has 0 bridgehead atoms. The fourth-order valence-electron chi connectivity index (χ4n) is 1.58. The first-order chi connectivity index (χ1) is 7.40. The average Bonchev–Trinajstić information content (AvgIpc) is 2.84. The zero-order valence-electron chi connectivity index (χ0n) is 8.61. The summed E-state index contributed by atoms with van der Waals surface area (Å²) in [5.41, 5.74) is 0. The first-order valence-corrected chi connectivity index (χ1v) is 5.54. The van der Waals surface area contributed by atoms with Crippen LogP contribution in [0, 0.1) is 5.92 Å². The predicted molar refractivity (Wildman–Crippen MR) is 52.2 cm³/mol. The van der Waals surface area contributed by atoms with E-state index in [-0.39, 0.29) is 0 Å². The Bertz CT molecular complexity index is 331. The second kappa shape index (κ2) is 3.90. The molecular formula is C10H15N3O2. The molecule has 2 heterocycles. The van der Waals surface area contributed by atoms with E-state index in [1.165, 1.54) is 12.8 Å². The minimum absolute atomic E-state index is 0.323. The van der Waals surface area contributed by atoms with E-state index >= 15 is 0 Å². The zero-order valence-corrected chi connectivity index (χ0v) is 8.61. The van der Waals surface area contributed by atoms with Gasteiger partial charge in [0.05, 0.1) is 6.10 Å². The van der Waals surface area contributed by atoms with E-state index < -0.39 is 0 Å².